The smallest absolute Gasteiger partial charge is 0.300 e. The van der Waals surface area contributed by atoms with Gasteiger partial charge in [0, 0.05) is 16.1 Å². The molecule has 1 aromatic heterocycles. The second kappa shape index (κ2) is 8.04. The number of ketones is 1. The van der Waals surface area contributed by atoms with Gasteiger partial charge in [0.1, 0.15) is 23.4 Å². The molecule has 0 spiro atoms. The molecule has 152 valence electrons. The van der Waals surface area contributed by atoms with Gasteiger partial charge < -0.3 is 9.84 Å². The van der Waals surface area contributed by atoms with Crippen LogP contribution in [-0.4, -0.2) is 23.9 Å². The zero-order chi connectivity index (χ0) is 21.4. The Balaban J connectivity index is 1.90. The zero-order valence-electron chi connectivity index (χ0n) is 15.6. The molecule has 1 saturated heterocycles. The largest absolute Gasteiger partial charge is 0.507 e. The highest BCUT2D eigenvalue weighted by atomic mass is 79.9. The van der Waals surface area contributed by atoms with Crippen LogP contribution in [0.1, 0.15) is 16.5 Å². The van der Waals surface area contributed by atoms with Crippen LogP contribution in [0, 0.1) is 5.82 Å². The van der Waals surface area contributed by atoms with Crippen molar-refractivity contribution in [3.63, 3.8) is 0 Å². The third-order valence-corrected chi connectivity index (χ3v) is 6.33. The van der Waals surface area contributed by atoms with Crippen LogP contribution in [0.2, 0.25) is 0 Å². The number of carbonyl (C=O) groups is 2. The molecule has 8 heteroatoms. The molecule has 30 heavy (non-hydrogen) atoms. The van der Waals surface area contributed by atoms with Crippen LogP contribution in [0.5, 0.6) is 5.75 Å². The highest BCUT2D eigenvalue weighted by Gasteiger charge is 2.47. The van der Waals surface area contributed by atoms with Crippen LogP contribution in [0.25, 0.3) is 5.76 Å². The van der Waals surface area contributed by atoms with Crippen LogP contribution in [-0.2, 0) is 9.59 Å². The lowest BCUT2D eigenvalue weighted by Crippen LogP contribution is -2.29. The predicted molar refractivity (Wildman–Crippen MR) is 116 cm³/mol. The van der Waals surface area contributed by atoms with Crippen LogP contribution in [0.15, 0.2) is 70.0 Å². The number of carbonyl (C=O) groups excluding carboxylic acids is 2. The Bertz CT molecular complexity index is 1160. The fraction of sp³-hybridized carbons (Fsp3) is 0.0909. The highest BCUT2D eigenvalue weighted by Crippen LogP contribution is 2.44. The number of halogens is 2. The first kappa shape index (κ1) is 20.3. The summed E-state index contributed by atoms with van der Waals surface area (Å²) < 4.78 is 19.2. The number of rotatable bonds is 4. The van der Waals surface area contributed by atoms with E-state index in [2.05, 4.69) is 15.9 Å². The second-order valence-corrected chi connectivity index (χ2v) is 8.34. The van der Waals surface area contributed by atoms with Gasteiger partial charge in [-0.2, -0.15) is 0 Å². The van der Waals surface area contributed by atoms with E-state index in [9.17, 15) is 19.1 Å². The summed E-state index contributed by atoms with van der Waals surface area (Å²) in [6.07, 6.45) is 0. The summed E-state index contributed by atoms with van der Waals surface area (Å²) in [5.41, 5.74) is 0.706. The van der Waals surface area contributed by atoms with E-state index >= 15 is 0 Å². The Labute approximate surface area is 184 Å². The van der Waals surface area contributed by atoms with Crippen molar-refractivity contribution < 1.29 is 23.8 Å². The average Bonchev–Trinajstić information content (AvgIpc) is 3.35. The Morgan fingerprint density at radius 2 is 1.90 bits per heavy atom. The number of anilines is 1. The van der Waals surface area contributed by atoms with E-state index in [4.69, 9.17) is 4.74 Å². The first-order chi connectivity index (χ1) is 14.4. The number of aliphatic hydroxyl groups is 1. The lowest BCUT2D eigenvalue weighted by atomic mass is 9.99. The minimum absolute atomic E-state index is 0.0242. The SMILES string of the molecule is COc1ccc(/C(O)=C2/C(=O)C(=O)N(c3ccc(F)cc3)C2c2cccs2)cc1Br. The molecule has 1 atom stereocenters. The highest BCUT2D eigenvalue weighted by molar-refractivity contribution is 9.10. The monoisotopic (exact) mass is 487 g/mol. The van der Waals surface area contributed by atoms with Gasteiger partial charge >= 0.3 is 0 Å². The molecule has 3 aromatic rings. The Morgan fingerprint density at radius 1 is 1.17 bits per heavy atom. The number of hydrogen-bond acceptors (Lipinski definition) is 5. The normalized spacial score (nSPS) is 18.1. The summed E-state index contributed by atoms with van der Waals surface area (Å²) in [7, 11) is 1.52. The van der Waals surface area contributed by atoms with Gasteiger partial charge in [-0.05, 0) is 69.8 Å². The summed E-state index contributed by atoms with van der Waals surface area (Å²) in [4.78, 5) is 27.9. The molecular weight excluding hydrogens is 473 g/mol. The molecule has 1 N–H and O–H groups in total. The number of amides is 1. The number of methoxy groups -OCH3 is 1. The molecule has 2 aromatic carbocycles. The maximum atomic E-state index is 13.4. The molecular formula is C22H15BrFNO4S. The predicted octanol–water partition coefficient (Wildman–Crippen LogP) is 5.28. The van der Waals surface area contributed by atoms with E-state index in [1.165, 1.54) is 47.6 Å². The van der Waals surface area contributed by atoms with Crippen molar-refractivity contribution in [1.82, 2.24) is 0 Å². The summed E-state index contributed by atoms with van der Waals surface area (Å²) in [5, 5.41) is 12.9. The van der Waals surface area contributed by atoms with E-state index in [0.717, 1.165) is 0 Å². The van der Waals surface area contributed by atoms with E-state index in [1.807, 2.05) is 5.38 Å². The van der Waals surface area contributed by atoms with Crippen molar-refractivity contribution >= 4 is 50.4 Å². The third kappa shape index (κ3) is 3.42. The fourth-order valence-corrected chi connectivity index (χ4v) is 4.75. The molecule has 1 aliphatic heterocycles. The summed E-state index contributed by atoms with van der Waals surface area (Å²) in [6, 6.07) is 13.0. The topological polar surface area (TPSA) is 66.8 Å². The number of Topliss-reactive ketones (excluding diaryl/α,β-unsaturated/α-hetero) is 1. The minimum atomic E-state index is -0.823. The molecule has 1 amide bonds. The third-order valence-electron chi connectivity index (χ3n) is 4.79. The van der Waals surface area contributed by atoms with Gasteiger partial charge in [0.15, 0.2) is 0 Å². The van der Waals surface area contributed by atoms with Gasteiger partial charge in [-0.15, -0.1) is 11.3 Å². The summed E-state index contributed by atoms with van der Waals surface area (Å²) in [5.74, 6) is -1.77. The average molecular weight is 488 g/mol. The first-order valence-corrected chi connectivity index (χ1v) is 10.5. The Kier molecular flexibility index (Phi) is 5.44. The molecule has 1 fully saturated rings. The number of hydrogen-bond donors (Lipinski definition) is 1. The number of aliphatic hydroxyl groups excluding tert-OH is 1. The van der Waals surface area contributed by atoms with Gasteiger partial charge in [-0.25, -0.2) is 4.39 Å². The lowest BCUT2D eigenvalue weighted by Gasteiger charge is -2.24. The Morgan fingerprint density at radius 3 is 2.50 bits per heavy atom. The number of thiophene rings is 1. The van der Waals surface area contributed by atoms with Crippen LogP contribution in [0.4, 0.5) is 10.1 Å². The van der Waals surface area contributed by atoms with Crippen LogP contribution < -0.4 is 9.64 Å². The minimum Gasteiger partial charge on any atom is -0.507 e. The molecule has 0 aliphatic carbocycles. The molecule has 4 rings (SSSR count). The standard InChI is InChI=1S/C22H15BrFNO4S/c1-29-16-9-4-12(11-15(16)23)20(26)18-19(17-3-2-10-30-17)25(22(28)21(18)27)14-7-5-13(24)6-8-14/h2-11,19,26H,1H3/b20-18-. The number of benzene rings is 2. The van der Waals surface area contributed by atoms with Crippen LogP contribution in [0.3, 0.4) is 0 Å². The van der Waals surface area contributed by atoms with E-state index in [-0.39, 0.29) is 11.3 Å². The second-order valence-electron chi connectivity index (χ2n) is 6.51. The molecule has 0 radical (unpaired) electrons. The van der Waals surface area contributed by atoms with Crippen LogP contribution >= 0.6 is 27.3 Å². The van der Waals surface area contributed by atoms with Gasteiger partial charge in [-0.3, -0.25) is 14.5 Å². The van der Waals surface area contributed by atoms with Crippen molar-refractivity contribution in [2.24, 2.45) is 0 Å². The quantitative estimate of drug-likeness (QED) is 0.308. The van der Waals surface area contributed by atoms with Crippen molar-refractivity contribution in [2.75, 3.05) is 12.0 Å². The van der Waals surface area contributed by atoms with Gasteiger partial charge in [0.05, 0.1) is 17.2 Å². The van der Waals surface area contributed by atoms with Gasteiger partial charge in [-0.1, -0.05) is 6.07 Å². The fourth-order valence-electron chi connectivity index (χ4n) is 3.39. The van der Waals surface area contributed by atoms with E-state index in [1.54, 1.807) is 30.3 Å². The van der Waals surface area contributed by atoms with Gasteiger partial charge in [0.2, 0.25) is 0 Å². The van der Waals surface area contributed by atoms with E-state index in [0.29, 0.717) is 26.4 Å². The van der Waals surface area contributed by atoms with Gasteiger partial charge in [0.25, 0.3) is 11.7 Å². The Hall–Kier alpha value is -2.97. The molecule has 2 heterocycles. The maximum absolute atomic E-state index is 13.4. The molecule has 5 nitrogen and oxygen atoms in total. The molecule has 1 aliphatic rings. The van der Waals surface area contributed by atoms with Crippen molar-refractivity contribution in [3.05, 3.63) is 86.3 Å². The lowest BCUT2D eigenvalue weighted by molar-refractivity contribution is -0.132. The maximum Gasteiger partial charge on any atom is 0.300 e. The number of nitrogens with zero attached hydrogens (tertiary/aromatic N) is 1. The molecule has 0 saturated carbocycles. The zero-order valence-corrected chi connectivity index (χ0v) is 18.0. The van der Waals surface area contributed by atoms with Crippen molar-refractivity contribution in [3.8, 4) is 5.75 Å². The number of ether oxygens (including phenoxy) is 1. The summed E-state index contributed by atoms with van der Waals surface area (Å²) >= 11 is 4.72. The van der Waals surface area contributed by atoms with Crippen molar-refractivity contribution in [1.29, 1.82) is 0 Å². The van der Waals surface area contributed by atoms with Crippen molar-refractivity contribution in [2.45, 2.75) is 6.04 Å². The van der Waals surface area contributed by atoms with E-state index < -0.39 is 23.5 Å². The summed E-state index contributed by atoms with van der Waals surface area (Å²) in [6.45, 7) is 0. The first-order valence-electron chi connectivity index (χ1n) is 8.86. The molecule has 1 unspecified atom stereocenters. The molecule has 0 bridgehead atoms.